The van der Waals surface area contributed by atoms with Crippen molar-refractivity contribution in [3.05, 3.63) is 134 Å². The Kier molecular flexibility index (Phi) is 48.6. The van der Waals surface area contributed by atoms with Crippen molar-refractivity contribution in [1.82, 2.24) is 0 Å². The van der Waals surface area contributed by atoms with E-state index in [1.165, 1.54) is 44.9 Å². The van der Waals surface area contributed by atoms with Crippen molar-refractivity contribution in [3.63, 3.8) is 0 Å². The minimum Gasteiger partial charge on any atom is -0.462 e. The second-order valence-electron chi connectivity index (χ2n) is 16.3. The number of allylic oxidation sites excluding steroid dienone is 22. The fourth-order valence-electron chi connectivity index (χ4n) is 6.34. The van der Waals surface area contributed by atoms with Gasteiger partial charge in [-0.3, -0.25) is 14.4 Å². The molecule has 0 rings (SSSR count). The molecule has 1 unspecified atom stereocenters. The largest absolute Gasteiger partial charge is 0.462 e. The lowest BCUT2D eigenvalue weighted by atomic mass is 10.1. The van der Waals surface area contributed by atoms with Crippen LogP contribution >= 0.6 is 0 Å². The predicted octanol–water partition coefficient (Wildman–Crippen LogP) is 17.1. The Bertz CT molecular complexity index is 1450. The van der Waals surface area contributed by atoms with Crippen LogP contribution in [0.4, 0.5) is 0 Å². The van der Waals surface area contributed by atoms with Gasteiger partial charge in [-0.05, 0) is 116 Å². The SMILES string of the molecule is CC/C=C\C/C=C\C/C=C\C/C=C\C/C=C\C/C=C\CCC(=O)OCC(COC(=O)CCC/C=C\C/C=C\C/C=C\CC)OC(=O)CCCCCCCCC/C=C\C/C=C\CCCCC. The van der Waals surface area contributed by atoms with Gasteiger partial charge in [0.1, 0.15) is 13.2 Å². The van der Waals surface area contributed by atoms with Crippen molar-refractivity contribution >= 4 is 17.9 Å². The molecule has 0 N–H and O–H groups in total. The van der Waals surface area contributed by atoms with Crippen molar-refractivity contribution < 1.29 is 28.6 Å². The lowest BCUT2D eigenvalue weighted by Gasteiger charge is -2.18. The van der Waals surface area contributed by atoms with Crippen LogP contribution in [0.2, 0.25) is 0 Å². The molecular weight excluding hydrogens is 805 g/mol. The Morgan fingerprint density at radius 1 is 0.323 bits per heavy atom. The van der Waals surface area contributed by atoms with Crippen LogP contribution in [0.5, 0.6) is 0 Å². The first kappa shape index (κ1) is 60.5. The van der Waals surface area contributed by atoms with Gasteiger partial charge in [0.05, 0.1) is 0 Å². The molecule has 0 aromatic rings. The number of carbonyl (C=O) groups is 3. The topological polar surface area (TPSA) is 78.9 Å². The number of rotatable bonds is 44. The molecule has 364 valence electrons. The molecule has 0 fully saturated rings. The first-order valence-corrected chi connectivity index (χ1v) is 25.7. The molecule has 0 aromatic carbocycles. The van der Waals surface area contributed by atoms with Gasteiger partial charge in [0, 0.05) is 19.3 Å². The summed E-state index contributed by atoms with van der Waals surface area (Å²) in [5, 5.41) is 0. The summed E-state index contributed by atoms with van der Waals surface area (Å²) in [6.07, 6.45) is 73.1. The normalized spacial score (nSPS) is 13.2. The Labute approximate surface area is 398 Å². The molecule has 0 heterocycles. The Hall–Kier alpha value is -4.45. The molecule has 1 atom stereocenters. The van der Waals surface area contributed by atoms with Crippen LogP contribution in [-0.4, -0.2) is 37.2 Å². The Morgan fingerprint density at radius 3 is 1.08 bits per heavy atom. The van der Waals surface area contributed by atoms with E-state index in [1.54, 1.807) is 0 Å². The van der Waals surface area contributed by atoms with Gasteiger partial charge >= 0.3 is 17.9 Å². The number of esters is 3. The Balaban J connectivity index is 4.56. The molecule has 65 heavy (non-hydrogen) atoms. The summed E-state index contributed by atoms with van der Waals surface area (Å²) in [7, 11) is 0. The average Bonchev–Trinajstić information content (AvgIpc) is 3.30. The van der Waals surface area contributed by atoms with Crippen molar-refractivity contribution in [2.24, 2.45) is 0 Å². The van der Waals surface area contributed by atoms with E-state index < -0.39 is 6.10 Å². The smallest absolute Gasteiger partial charge is 0.306 e. The van der Waals surface area contributed by atoms with Crippen molar-refractivity contribution in [3.8, 4) is 0 Å². The molecule has 6 heteroatoms. The molecule has 0 aromatic heterocycles. The summed E-state index contributed by atoms with van der Waals surface area (Å²) >= 11 is 0. The number of hydrogen-bond donors (Lipinski definition) is 0. The van der Waals surface area contributed by atoms with Crippen molar-refractivity contribution in [2.45, 2.75) is 207 Å². The highest BCUT2D eigenvalue weighted by atomic mass is 16.6. The van der Waals surface area contributed by atoms with E-state index in [-0.39, 0.29) is 50.4 Å². The van der Waals surface area contributed by atoms with Gasteiger partial charge in [-0.2, -0.15) is 0 Å². The number of ether oxygens (including phenoxy) is 3. The summed E-state index contributed by atoms with van der Waals surface area (Å²) in [6, 6.07) is 0. The van der Waals surface area contributed by atoms with Crippen LogP contribution in [0.1, 0.15) is 201 Å². The summed E-state index contributed by atoms with van der Waals surface area (Å²) in [4.78, 5) is 37.9. The third-order valence-corrected chi connectivity index (χ3v) is 10.1. The van der Waals surface area contributed by atoms with Gasteiger partial charge in [-0.15, -0.1) is 0 Å². The minimum absolute atomic E-state index is 0.136. The quantitative estimate of drug-likeness (QED) is 0.0262. The maximum atomic E-state index is 12.8. The molecule has 0 aliphatic carbocycles. The fraction of sp³-hybridized carbons (Fsp3) is 0.576. The number of hydrogen-bond acceptors (Lipinski definition) is 6. The van der Waals surface area contributed by atoms with Crippen LogP contribution in [0, 0.1) is 0 Å². The molecule has 6 nitrogen and oxygen atoms in total. The van der Waals surface area contributed by atoms with E-state index in [2.05, 4.69) is 142 Å². The van der Waals surface area contributed by atoms with Gasteiger partial charge in [-0.1, -0.05) is 199 Å². The van der Waals surface area contributed by atoms with Gasteiger partial charge in [0.25, 0.3) is 0 Å². The zero-order valence-corrected chi connectivity index (χ0v) is 41.4. The molecule has 0 spiro atoms. The van der Waals surface area contributed by atoms with Gasteiger partial charge < -0.3 is 14.2 Å². The molecule has 0 radical (unpaired) electrons. The summed E-state index contributed by atoms with van der Waals surface area (Å²) in [5.74, 6) is -1.09. The summed E-state index contributed by atoms with van der Waals surface area (Å²) in [5.41, 5.74) is 0. The highest BCUT2D eigenvalue weighted by molar-refractivity contribution is 5.71. The van der Waals surface area contributed by atoms with Gasteiger partial charge in [0.2, 0.25) is 0 Å². The standard InChI is InChI=1S/C59H92O6/c1-4-7-10-13-16-19-22-24-26-28-29-31-32-34-37-40-43-46-49-52-58(61)64-55-56(54-63-57(60)51-48-45-42-39-36-21-18-15-12-9-6-3)65-59(62)53-50-47-44-41-38-35-33-30-27-25-23-20-17-14-11-8-5-2/h7,9-10,12,16-21,24-27,29,31,34,37,39,42-43,46,56H,4-6,8,11,13-15,22-23,28,30,32-33,35-36,38,40-41,44-45,47-55H2,1-3H3/b10-7-,12-9-,19-16-,20-17-,21-18-,26-24-,27-25-,31-29-,37-34-,42-39-,46-43-. The molecule has 0 aliphatic rings. The minimum atomic E-state index is -0.837. The molecular formula is C59H92O6. The highest BCUT2D eigenvalue weighted by Gasteiger charge is 2.19. The summed E-state index contributed by atoms with van der Waals surface area (Å²) in [6.45, 7) is 6.24. The van der Waals surface area contributed by atoms with E-state index in [0.29, 0.717) is 12.8 Å². The lowest BCUT2D eigenvalue weighted by Crippen LogP contribution is -2.30. The first-order chi connectivity index (χ1) is 32.0. The number of unbranched alkanes of at least 4 members (excludes halogenated alkanes) is 11. The second kappa shape index (κ2) is 52.2. The maximum Gasteiger partial charge on any atom is 0.306 e. The predicted molar refractivity (Wildman–Crippen MR) is 279 cm³/mol. The van der Waals surface area contributed by atoms with E-state index in [0.717, 1.165) is 103 Å². The molecule has 0 bridgehead atoms. The van der Waals surface area contributed by atoms with Crippen LogP contribution < -0.4 is 0 Å². The molecule has 0 saturated heterocycles. The fourth-order valence-corrected chi connectivity index (χ4v) is 6.34. The van der Waals surface area contributed by atoms with Crippen molar-refractivity contribution in [2.75, 3.05) is 13.2 Å². The third kappa shape index (κ3) is 50.4. The number of carbonyl (C=O) groups excluding carboxylic acids is 3. The molecule has 0 saturated carbocycles. The van der Waals surface area contributed by atoms with Gasteiger partial charge in [-0.25, -0.2) is 0 Å². The van der Waals surface area contributed by atoms with Gasteiger partial charge in [0.15, 0.2) is 6.10 Å². The summed E-state index contributed by atoms with van der Waals surface area (Å²) < 4.78 is 16.6. The Morgan fingerprint density at radius 2 is 0.646 bits per heavy atom. The molecule has 0 aliphatic heterocycles. The van der Waals surface area contributed by atoms with Crippen LogP contribution in [0.15, 0.2) is 134 Å². The maximum absolute atomic E-state index is 12.8. The van der Waals surface area contributed by atoms with E-state index in [1.807, 2.05) is 12.2 Å². The molecule has 0 amide bonds. The monoisotopic (exact) mass is 897 g/mol. The first-order valence-electron chi connectivity index (χ1n) is 25.7. The van der Waals surface area contributed by atoms with Crippen molar-refractivity contribution in [1.29, 1.82) is 0 Å². The van der Waals surface area contributed by atoms with Crippen LogP contribution in [0.3, 0.4) is 0 Å². The second-order valence-corrected chi connectivity index (χ2v) is 16.3. The third-order valence-electron chi connectivity index (χ3n) is 10.1. The zero-order valence-electron chi connectivity index (χ0n) is 41.4. The lowest BCUT2D eigenvalue weighted by molar-refractivity contribution is -0.166. The van der Waals surface area contributed by atoms with Crippen LogP contribution in [-0.2, 0) is 28.6 Å². The van der Waals surface area contributed by atoms with E-state index in [9.17, 15) is 14.4 Å². The van der Waals surface area contributed by atoms with E-state index in [4.69, 9.17) is 14.2 Å². The van der Waals surface area contributed by atoms with Crippen LogP contribution in [0.25, 0.3) is 0 Å². The highest BCUT2D eigenvalue weighted by Crippen LogP contribution is 2.12. The van der Waals surface area contributed by atoms with E-state index >= 15 is 0 Å². The zero-order chi connectivity index (χ0) is 47.2. The average molecular weight is 897 g/mol.